The zero-order valence-electron chi connectivity index (χ0n) is 12.2. The number of carbonyl (C=O) groups excluding carboxylic acids is 1. The van der Waals surface area contributed by atoms with Crippen LogP contribution in [0.3, 0.4) is 0 Å². The second-order valence-corrected chi connectivity index (χ2v) is 6.19. The summed E-state index contributed by atoms with van der Waals surface area (Å²) < 4.78 is 5.72. The SMILES string of the molecule is CC(Oc1cccc(Cl)c1)C(=O)N1CCCC1CCCCl. The molecule has 21 heavy (non-hydrogen) atoms. The first kappa shape index (κ1) is 16.4. The Morgan fingerprint density at radius 3 is 3.05 bits per heavy atom. The summed E-state index contributed by atoms with van der Waals surface area (Å²) in [5, 5.41) is 0.605. The van der Waals surface area contributed by atoms with E-state index in [0.29, 0.717) is 22.7 Å². The topological polar surface area (TPSA) is 29.5 Å². The summed E-state index contributed by atoms with van der Waals surface area (Å²) in [7, 11) is 0. The maximum absolute atomic E-state index is 12.5. The van der Waals surface area contributed by atoms with Crippen molar-refractivity contribution in [1.82, 2.24) is 4.90 Å². The number of halogens is 2. The molecule has 3 nitrogen and oxygen atoms in total. The summed E-state index contributed by atoms with van der Waals surface area (Å²) in [5.41, 5.74) is 0. The molecule has 1 aromatic rings. The number of likely N-dealkylation sites (tertiary alicyclic amines) is 1. The van der Waals surface area contributed by atoms with E-state index in [1.54, 1.807) is 19.1 Å². The molecule has 1 amide bonds. The van der Waals surface area contributed by atoms with Crippen molar-refractivity contribution in [2.24, 2.45) is 0 Å². The fourth-order valence-corrected chi connectivity index (χ4v) is 3.10. The first-order valence-corrected chi connectivity index (χ1v) is 8.31. The van der Waals surface area contributed by atoms with Crippen molar-refractivity contribution in [2.45, 2.75) is 44.8 Å². The number of benzene rings is 1. The molecule has 0 aromatic heterocycles. The Labute approximate surface area is 136 Å². The maximum atomic E-state index is 12.5. The van der Waals surface area contributed by atoms with Crippen molar-refractivity contribution in [2.75, 3.05) is 12.4 Å². The number of hydrogen-bond donors (Lipinski definition) is 0. The van der Waals surface area contributed by atoms with Crippen LogP contribution < -0.4 is 4.74 Å². The van der Waals surface area contributed by atoms with Crippen LogP contribution >= 0.6 is 23.2 Å². The number of amides is 1. The Morgan fingerprint density at radius 1 is 1.52 bits per heavy atom. The Balaban J connectivity index is 1.95. The number of hydrogen-bond acceptors (Lipinski definition) is 2. The van der Waals surface area contributed by atoms with E-state index in [1.165, 1.54) is 0 Å². The van der Waals surface area contributed by atoms with Gasteiger partial charge < -0.3 is 9.64 Å². The van der Waals surface area contributed by atoms with Crippen LogP contribution in [0.5, 0.6) is 5.75 Å². The molecule has 2 atom stereocenters. The molecule has 1 aliphatic rings. The van der Waals surface area contributed by atoms with Crippen LogP contribution in [0.4, 0.5) is 0 Å². The highest BCUT2D eigenvalue weighted by Crippen LogP contribution is 2.24. The van der Waals surface area contributed by atoms with Crippen molar-refractivity contribution in [3.63, 3.8) is 0 Å². The Hall–Kier alpha value is -0.930. The van der Waals surface area contributed by atoms with E-state index >= 15 is 0 Å². The first-order valence-electron chi connectivity index (χ1n) is 7.40. The molecule has 2 rings (SSSR count). The second-order valence-electron chi connectivity index (χ2n) is 5.38. The predicted molar refractivity (Wildman–Crippen MR) is 86.2 cm³/mol. The number of rotatable bonds is 6. The zero-order chi connectivity index (χ0) is 15.2. The minimum Gasteiger partial charge on any atom is -0.481 e. The minimum absolute atomic E-state index is 0.0482. The normalized spacial score (nSPS) is 19.6. The number of carbonyl (C=O) groups is 1. The van der Waals surface area contributed by atoms with Crippen LogP contribution in [0.25, 0.3) is 0 Å². The number of alkyl halides is 1. The molecule has 116 valence electrons. The fraction of sp³-hybridized carbons (Fsp3) is 0.562. The molecule has 1 heterocycles. The Bertz CT molecular complexity index is 481. The largest absolute Gasteiger partial charge is 0.481 e. The molecule has 1 saturated heterocycles. The molecule has 0 saturated carbocycles. The van der Waals surface area contributed by atoms with Gasteiger partial charge in [-0.15, -0.1) is 11.6 Å². The van der Waals surface area contributed by atoms with Gasteiger partial charge in [-0.05, 0) is 50.8 Å². The second kappa shape index (κ2) is 7.90. The molecule has 0 bridgehead atoms. The number of ether oxygens (including phenoxy) is 1. The van der Waals surface area contributed by atoms with Crippen molar-refractivity contribution in [3.8, 4) is 5.75 Å². The molecule has 1 aromatic carbocycles. The van der Waals surface area contributed by atoms with Crippen LogP contribution in [0.1, 0.15) is 32.6 Å². The van der Waals surface area contributed by atoms with Crippen molar-refractivity contribution in [3.05, 3.63) is 29.3 Å². The lowest BCUT2D eigenvalue weighted by atomic mass is 10.1. The van der Waals surface area contributed by atoms with E-state index in [0.717, 1.165) is 32.2 Å². The molecule has 0 radical (unpaired) electrons. The summed E-state index contributed by atoms with van der Waals surface area (Å²) in [4.78, 5) is 14.5. The lowest BCUT2D eigenvalue weighted by Crippen LogP contribution is -2.43. The standard InChI is InChI=1S/C16H21Cl2NO2/c1-12(21-15-8-2-5-13(18)11-15)16(20)19-10-4-7-14(19)6-3-9-17/h2,5,8,11-12,14H,3-4,6-7,9-10H2,1H3. The summed E-state index contributed by atoms with van der Waals surface area (Å²) >= 11 is 11.7. The average Bonchev–Trinajstić information content (AvgIpc) is 2.92. The van der Waals surface area contributed by atoms with Crippen LogP contribution in [-0.2, 0) is 4.79 Å². The molecule has 2 unspecified atom stereocenters. The first-order chi connectivity index (χ1) is 10.1. The molecular formula is C16H21Cl2NO2. The van der Waals surface area contributed by atoms with Gasteiger partial charge in [0.25, 0.3) is 5.91 Å². The van der Waals surface area contributed by atoms with Crippen molar-refractivity contribution < 1.29 is 9.53 Å². The van der Waals surface area contributed by atoms with Gasteiger partial charge in [0.05, 0.1) is 0 Å². The van der Waals surface area contributed by atoms with Gasteiger partial charge in [0, 0.05) is 23.5 Å². The van der Waals surface area contributed by atoms with Gasteiger partial charge >= 0.3 is 0 Å². The zero-order valence-corrected chi connectivity index (χ0v) is 13.7. The highest BCUT2D eigenvalue weighted by molar-refractivity contribution is 6.30. The highest BCUT2D eigenvalue weighted by atomic mass is 35.5. The van der Waals surface area contributed by atoms with E-state index in [9.17, 15) is 4.79 Å². The summed E-state index contributed by atoms with van der Waals surface area (Å²) in [6, 6.07) is 7.43. The lowest BCUT2D eigenvalue weighted by Gasteiger charge is -2.27. The fourth-order valence-electron chi connectivity index (χ4n) is 2.77. The quantitative estimate of drug-likeness (QED) is 0.735. The predicted octanol–water partition coefficient (Wildman–Crippen LogP) is 4.12. The van der Waals surface area contributed by atoms with Gasteiger partial charge in [0.1, 0.15) is 5.75 Å². The summed E-state index contributed by atoms with van der Waals surface area (Å²) in [5.74, 6) is 1.32. The maximum Gasteiger partial charge on any atom is 0.263 e. The Morgan fingerprint density at radius 2 is 2.33 bits per heavy atom. The molecule has 0 spiro atoms. The average molecular weight is 330 g/mol. The van der Waals surface area contributed by atoms with Gasteiger partial charge in [-0.1, -0.05) is 17.7 Å². The molecule has 0 N–H and O–H groups in total. The van der Waals surface area contributed by atoms with Crippen molar-refractivity contribution >= 4 is 29.1 Å². The molecule has 1 aliphatic heterocycles. The third-order valence-corrected chi connectivity index (χ3v) is 4.29. The third-order valence-electron chi connectivity index (χ3n) is 3.79. The van der Waals surface area contributed by atoms with Crippen LogP contribution in [0.15, 0.2) is 24.3 Å². The van der Waals surface area contributed by atoms with Gasteiger partial charge in [-0.3, -0.25) is 4.79 Å². The lowest BCUT2D eigenvalue weighted by molar-refractivity contribution is -0.138. The van der Waals surface area contributed by atoms with E-state index in [2.05, 4.69) is 0 Å². The van der Waals surface area contributed by atoms with Crippen LogP contribution in [0.2, 0.25) is 5.02 Å². The molecule has 5 heteroatoms. The van der Waals surface area contributed by atoms with Crippen LogP contribution in [-0.4, -0.2) is 35.4 Å². The molecular weight excluding hydrogens is 309 g/mol. The molecule has 0 aliphatic carbocycles. The van der Waals surface area contributed by atoms with Crippen molar-refractivity contribution in [1.29, 1.82) is 0 Å². The monoisotopic (exact) mass is 329 g/mol. The summed E-state index contributed by atoms with van der Waals surface area (Å²) in [6.07, 6.45) is 3.54. The summed E-state index contributed by atoms with van der Waals surface area (Å²) in [6.45, 7) is 2.61. The van der Waals surface area contributed by atoms with E-state index in [-0.39, 0.29) is 5.91 Å². The Kier molecular flexibility index (Phi) is 6.19. The van der Waals surface area contributed by atoms with E-state index in [4.69, 9.17) is 27.9 Å². The van der Waals surface area contributed by atoms with E-state index < -0.39 is 6.10 Å². The van der Waals surface area contributed by atoms with Gasteiger partial charge in [0.15, 0.2) is 6.10 Å². The molecule has 1 fully saturated rings. The van der Waals surface area contributed by atoms with Crippen LogP contribution in [0, 0.1) is 0 Å². The smallest absolute Gasteiger partial charge is 0.263 e. The van der Waals surface area contributed by atoms with E-state index in [1.807, 2.05) is 17.0 Å². The van der Waals surface area contributed by atoms with Gasteiger partial charge in [0.2, 0.25) is 0 Å². The highest BCUT2D eigenvalue weighted by Gasteiger charge is 2.31. The minimum atomic E-state index is -0.500. The number of nitrogens with zero attached hydrogens (tertiary/aromatic N) is 1. The van der Waals surface area contributed by atoms with Gasteiger partial charge in [-0.25, -0.2) is 0 Å². The third kappa shape index (κ3) is 4.52. The van der Waals surface area contributed by atoms with Gasteiger partial charge in [-0.2, -0.15) is 0 Å².